The summed E-state index contributed by atoms with van der Waals surface area (Å²) in [7, 11) is 0. The predicted octanol–water partition coefficient (Wildman–Crippen LogP) is 8.20. The van der Waals surface area contributed by atoms with Gasteiger partial charge in [0.1, 0.15) is 0 Å². The maximum absolute atomic E-state index is 4.26. The Morgan fingerprint density at radius 2 is 0.429 bits per heavy atom. The molecule has 8 N–H and O–H groups in total. The van der Waals surface area contributed by atoms with E-state index in [-0.39, 0.29) is 147 Å². The molecule has 4 saturated carbocycles. The number of hydrogen-bond acceptors (Lipinski definition) is 8. The number of hydrogen-bond donors (Lipinski definition) is 8. The van der Waals surface area contributed by atoms with Gasteiger partial charge in [0.05, 0.1) is 49.3 Å². The van der Waals surface area contributed by atoms with Gasteiger partial charge in [0.25, 0.3) is 0 Å². The third-order valence-corrected chi connectivity index (χ3v) is 39.3. The second kappa shape index (κ2) is 19.7. The summed E-state index contributed by atoms with van der Waals surface area (Å²) in [6.07, 6.45) is 1.48. The van der Waals surface area contributed by atoms with Crippen LogP contribution in [-0.2, 0) is 17.1 Å². The van der Waals surface area contributed by atoms with Gasteiger partial charge in [-0.25, -0.2) is 0 Å². The van der Waals surface area contributed by atoms with Crippen LogP contribution in [0.3, 0.4) is 0 Å². The molecule has 0 spiro atoms. The van der Waals surface area contributed by atoms with Crippen LogP contribution >= 0.6 is 239 Å². The Labute approximate surface area is 466 Å². The molecule has 24 heteroatoms. The molecule has 4 aliphatic carbocycles. The first kappa shape index (κ1) is 49.8. The summed E-state index contributed by atoms with van der Waals surface area (Å²) in [6, 6.07) is 0. The van der Waals surface area contributed by atoms with Crippen LogP contribution in [-0.4, -0.2) is 122 Å². The molecule has 9 fully saturated rings. The Hall–Kier alpha value is 7.40. The number of alkyl halides is 15. The largest absolute Gasteiger partial charge is 2.00 e. The molecule has 323 valence electrons. The Bertz CT molecular complexity index is 1440. The summed E-state index contributed by atoms with van der Waals surface area (Å²) < 4.78 is 0. The maximum Gasteiger partial charge on any atom is 2.00 e. The fourth-order valence-electron chi connectivity index (χ4n) is 11.8. The Morgan fingerprint density at radius 1 is 0.232 bits per heavy atom. The maximum atomic E-state index is 4.26. The van der Waals surface area contributed by atoms with Crippen molar-refractivity contribution in [3.63, 3.8) is 0 Å². The third kappa shape index (κ3) is 8.39. The molecule has 5 heterocycles. The van der Waals surface area contributed by atoms with Crippen LogP contribution in [0.1, 0.15) is 6.42 Å². The first-order valence-corrected chi connectivity index (χ1v) is 32.4. The van der Waals surface area contributed by atoms with Crippen molar-refractivity contribution in [1.29, 1.82) is 0 Å². The quantitative estimate of drug-likeness (QED) is 0.0911. The van der Waals surface area contributed by atoms with Crippen molar-refractivity contribution >= 4 is 239 Å². The molecule has 1 radical (unpaired) electrons. The molecule has 5 aliphatic heterocycles. The van der Waals surface area contributed by atoms with Crippen molar-refractivity contribution in [2.75, 3.05) is 0 Å². The molecule has 8 nitrogen and oxygen atoms in total. The summed E-state index contributed by atoms with van der Waals surface area (Å²) in [6.45, 7) is 0. The molecule has 9 rings (SSSR count). The molecular formula is C32H41Br15CuN8+2. The van der Waals surface area contributed by atoms with Crippen LogP contribution in [0.25, 0.3) is 0 Å². The van der Waals surface area contributed by atoms with Gasteiger partial charge in [0, 0.05) is 114 Å². The van der Waals surface area contributed by atoms with Gasteiger partial charge in [-0.3, -0.25) is 42.5 Å². The van der Waals surface area contributed by atoms with Gasteiger partial charge in [-0.2, -0.15) is 0 Å². The monoisotopic (exact) mass is 1780 g/mol. The van der Waals surface area contributed by atoms with Crippen LogP contribution in [0.4, 0.5) is 0 Å². The standard InChI is InChI=1S/C32H41Br15N8.Cu/c33-3-1-2-4(12(35)11(3)34)26-48-25(2)49-27-5-6(14(37)20(43)19(42)13(5)36)29(51-27)53-31-9-10(18(41)24(47)23(46)17(9)40)32(55-31)54-30-8-7(28(50-26)52-30)15(38)21(44)22(45)16(8)39;/h2-32,48-55H,1H2;/q;+2. The van der Waals surface area contributed by atoms with E-state index in [9.17, 15) is 0 Å². The van der Waals surface area contributed by atoms with E-state index < -0.39 is 0 Å². The molecule has 5 saturated heterocycles. The van der Waals surface area contributed by atoms with Crippen molar-refractivity contribution < 1.29 is 17.1 Å². The van der Waals surface area contributed by atoms with E-state index >= 15 is 0 Å². The molecule has 8 bridgehead atoms. The second-order valence-corrected chi connectivity index (χ2v) is 32.8. The summed E-state index contributed by atoms with van der Waals surface area (Å²) in [5.74, 6) is 2.46. The van der Waals surface area contributed by atoms with Crippen molar-refractivity contribution in [3.05, 3.63) is 0 Å². The van der Waals surface area contributed by atoms with Crippen LogP contribution < -0.4 is 42.5 Å². The summed E-state index contributed by atoms with van der Waals surface area (Å²) in [4.78, 5) is 3.82. The van der Waals surface area contributed by atoms with E-state index in [1.54, 1.807) is 0 Å². The van der Waals surface area contributed by atoms with E-state index in [4.69, 9.17) is 0 Å². The molecule has 56 heavy (non-hydrogen) atoms. The molecular weight excluding hydrogens is 1760 g/mol. The fourth-order valence-corrected chi connectivity index (χ4v) is 27.0. The van der Waals surface area contributed by atoms with Gasteiger partial charge in [0.15, 0.2) is 0 Å². The average Bonchev–Trinajstić information content (AvgIpc) is 3.89. The van der Waals surface area contributed by atoms with Crippen LogP contribution in [0.2, 0.25) is 0 Å². The van der Waals surface area contributed by atoms with Gasteiger partial charge < -0.3 is 0 Å². The molecule has 0 aromatic carbocycles. The molecule has 0 amide bonds. The normalized spacial score (nSPS) is 64.4. The number of rotatable bonds is 0. The Kier molecular flexibility index (Phi) is 17.5. The van der Waals surface area contributed by atoms with E-state index in [2.05, 4.69) is 281 Å². The predicted molar refractivity (Wildman–Crippen MR) is 279 cm³/mol. The summed E-state index contributed by atoms with van der Waals surface area (Å²) in [5.41, 5.74) is 0. The van der Waals surface area contributed by atoms with Crippen LogP contribution in [0, 0.1) is 47.3 Å². The van der Waals surface area contributed by atoms with Crippen molar-refractivity contribution in [3.8, 4) is 0 Å². The molecule has 31 atom stereocenters. The average molecular weight is 1800 g/mol. The van der Waals surface area contributed by atoms with Crippen LogP contribution in [0.5, 0.6) is 0 Å². The Balaban J connectivity index is 0.00000441. The SMILES string of the molecule is BrC1CC2C3NC(NC4NC(NC5NC(NC6NC(N3)C3C(Br)C(Br)C(Br)C(Br)C63)C3C(Br)C(Br)C(Br)C(Br)C53)C3C(Br)C(Br)C(Br)C(Br)C43)C2C(Br)C1Br.[Cu+2]. The molecule has 31 unspecified atom stereocenters. The fraction of sp³-hybridized carbons (Fsp3) is 1.00. The zero-order valence-electron chi connectivity index (χ0n) is 28.6. The van der Waals surface area contributed by atoms with E-state index in [1.807, 2.05) is 0 Å². The number of fused-ring (bicyclic) bond motifs is 20. The summed E-state index contributed by atoms with van der Waals surface area (Å²) >= 11 is 62.6. The second-order valence-electron chi connectivity index (χ2n) is 16.8. The minimum absolute atomic E-state index is 0. The first-order valence-electron chi connectivity index (χ1n) is 18.7. The van der Waals surface area contributed by atoms with Crippen molar-refractivity contribution in [2.24, 2.45) is 47.3 Å². The van der Waals surface area contributed by atoms with E-state index in [1.165, 1.54) is 0 Å². The Morgan fingerprint density at radius 3 is 0.679 bits per heavy atom. The van der Waals surface area contributed by atoms with Gasteiger partial charge in [-0.1, -0.05) is 239 Å². The minimum Gasteiger partial charge on any atom is -0.286 e. The zero-order chi connectivity index (χ0) is 39.3. The first-order chi connectivity index (χ1) is 26.0. The van der Waals surface area contributed by atoms with Gasteiger partial charge in [-0.15, -0.1) is 0 Å². The van der Waals surface area contributed by atoms with Gasteiger partial charge in [0.2, 0.25) is 0 Å². The smallest absolute Gasteiger partial charge is 0.286 e. The zero-order valence-corrected chi connectivity index (χ0v) is 53.3. The van der Waals surface area contributed by atoms with Crippen molar-refractivity contribution in [2.45, 2.75) is 128 Å². The van der Waals surface area contributed by atoms with Gasteiger partial charge in [-0.05, 0) is 12.3 Å². The number of halogens is 15. The molecule has 0 aromatic heterocycles. The molecule has 0 aromatic rings. The van der Waals surface area contributed by atoms with E-state index in [0.717, 1.165) is 6.42 Å². The molecule has 9 aliphatic rings. The number of nitrogens with one attached hydrogen (secondary N) is 8. The van der Waals surface area contributed by atoms with Crippen molar-refractivity contribution in [1.82, 2.24) is 42.5 Å². The minimum atomic E-state index is 0. The topological polar surface area (TPSA) is 96.2 Å². The van der Waals surface area contributed by atoms with E-state index in [0.29, 0.717) is 39.2 Å². The summed E-state index contributed by atoms with van der Waals surface area (Å²) in [5, 5.41) is 33.8. The third-order valence-electron chi connectivity index (χ3n) is 14.3. The van der Waals surface area contributed by atoms with Gasteiger partial charge >= 0.3 is 17.1 Å². The van der Waals surface area contributed by atoms with Crippen LogP contribution in [0.15, 0.2) is 0 Å².